The Hall–Kier alpha value is -4.34. The van der Waals surface area contributed by atoms with Crippen LogP contribution in [0.1, 0.15) is 18.7 Å². The van der Waals surface area contributed by atoms with Crippen molar-refractivity contribution in [2.45, 2.75) is 73.6 Å². The second-order valence-electron chi connectivity index (χ2n) is 16.8. The van der Waals surface area contributed by atoms with Crippen molar-refractivity contribution in [1.82, 2.24) is 53.6 Å². The number of fused-ring (bicyclic) bond motifs is 3. The van der Waals surface area contributed by atoms with Gasteiger partial charge in [0.25, 0.3) is 32.7 Å². The molecule has 0 saturated carbocycles. The van der Waals surface area contributed by atoms with Crippen LogP contribution in [0.3, 0.4) is 0 Å². The van der Waals surface area contributed by atoms with Crippen LogP contribution in [0.5, 0.6) is 0 Å². The van der Waals surface area contributed by atoms with E-state index in [1.54, 1.807) is 7.05 Å². The lowest BCUT2D eigenvalue weighted by Crippen LogP contribution is -2.46. The lowest BCUT2D eigenvalue weighted by Gasteiger charge is -2.36. The summed E-state index contributed by atoms with van der Waals surface area (Å²) in [5.41, 5.74) is 10.1. The van der Waals surface area contributed by atoms with Crippen molar-refractivity contribution in [2.75, 3.05) is 57.0 Å². The van der Waals surface area contributed by atoms with E-state index in [-0.39, 0.29) is 62.6 Å². The Bertz CT molecular complexity index is 3520. The molecule has 7 unspecified atom stereocenters. The Labute approximate surface area is 438 Å². The van der Waals surface area contributed by atoms with E-state index in [1.807, 2.05) is 0 Å². The maximum Gasteiger partial charge on any atom is 0.313 e. The predicted octanol–water partition coefficient (Wildman–Crippen LogP) is -5.29. The smallest absolute Gasteiger partial charge is 0.313 e. The molecule has 77 heavy (non-hydrogen) atoms. The van der Waals surface area contributed by atoms with E-state index < -0.39 is 133 Å². The molecular formula is C34H44N15O22P4S2-3. The van der Waals surface area contributed by atoms with Gasteiger partial charge in [-0.15, -0.1) is 0 Å². The third-order valence-electron chi connectivity index (χ3n) is 12.0. The number of H-pyrrole nitrogens is 2. The third-order valence-corrected chi connectivity index (χ3v) is 20.0. The molecule has 43 heteroatoms. The SMILES string of the molecule is CNc1ncnc2c1ncn2[C@@H]1O[C@H](COP(=O)([O-])OP(=O)([O-])OP(=O)([O-])SC[C@H]2O[C@@H]([n+]3cn(C)c4c(=O)[nH]c(N)nc43)C(O)[C@H]2OC)C(OP([O-])(=S)OC[C@H]2O[C@@H](n3cnc4c(=O)[nH]c(N)nc43)[C@@H](O)C2O)[C@@H]1OC. The number of nitrogens with zero attached hydrogens (tertiary/aromatic N) is 10. The lowest BCUT2D eigenvalue weighted by atomic mass is 10.1. The van der Waals surface area contributed by atoms with Gasteiger partial charge in [-0.3, -0.25) is 51.3 Å². The number of nitrogens with one attached hydrogen (secondary N) is 3. The van der Waals surface area contributed by atoms with Gasteiger partial charge in [-0.1, -0.05) is 28.2 Å². The van der Waals surface area contributed by atoms with Gasteiger partial charge >= 0.3 is 5.65 Å². The van der Waals surface area contributed by atoms with Crippen LogP contribution in [0, 0.1) is 0 Å². The van der Waals surface area contributed by atoms with Gasteiger partial charge < -0.3 is 88.9 Å². The molecule has 9 heterocycles. The summed E-state index contributed by atoms with van der Waals surface area (Å²) in [6.45, 7) is -12.7. The second-order valence-corrected chi connectivity index (χ2v) is 26.5. The van der Waals surface area contributed by atoms with Gasteiger partial charge in [-0.05, 0) is 0 Å². The van der Waals surface area contributed by atoms with Crippen molar-refractivity contribution < 1.29 is 99.0 Å². The van der Waals surface area contributed by atoms with Crippen molar-refractivity contribution in [3.63, 3.8) is 0 Å². The number of aliphatic hydroxyl groups excluding tert-OH is 3. The molecule has 0 radical (unpaired) electrons. The number of rotatable bonds is 21. The van der Waals surface area contributed by atoms with Crippen molar-refractivity contribution in [3.8, 4) is 0 Å². The molecule has 16 atom stereocenters. The third kappa shape index (κ3) is 11.7. The van der Waals surface area contributed by atoms with E-state index in [2.05, 4.69) is 53.8 Å². The Morgan fingerprint density at radius 2 is 1.44 bits per heavy atom. The number of hydrogen-bond donors (Lipinski definition) is 8. The molecule has 9 rings (SSSR count). The molecule has 0 aromatic carbocycles. The molecule has 422 valence electrons. The molecule has 37 nitrogen and oxygen atoms in total. The molecule has 0 spiro atoms. The number of nitrogens with two attached hydrogens (primary N) is 2. The second kappa shape index (κ2) is 22.0. The number of methoxy groups -OCH3 is 2. The number of ether oxygens (including phenoxy) is 5. The van der Waals surface area contributed by atoms with Crippen LogP contribution in [0.2, 0.25) is 0 Å². The minimum atomic E-state index is -6.42. The van der Waals surface area contributed by atoms with Gasteiger partial charge in [-0.2, -0.15) is 4.98 Å². The summed E-state index contributed by atoms with van der Waals surface area (Å²) in [7, 11) is -7.27. The first-order valence-corrected chi connectivity index (χ1v) is 30.5. The number of anilines is 3. The highest BCUT2D eigenvalue weighted by atomic mass is 32.7. The molecule has 3 aliphatic heterocycles. The van der Waals surface area contributed by atoms with Crippen molar-refractivity contribution in [2.24, 2.45) is 7.05 Å². The number of aliphatic hydroxyl groups is 3. The fraction of sp³-hybridized carbons (Fsp3) is 0.559. The molecule has 6 aromatic heterocycles. The molecule has 3 aliphatic rings. The zero-order chi connectivity index (χ0) is 55.7. The molecule has 0 aliphatic carbocycles. The molecule has 0 amide bonds. The molecule has 3 saturated heterocycles. The number of imidazole rings is 3. The largest absolute Gasteiger partial charge is 0.780 e. The van der Waals surface area contributed by atoms with Crippen LogP contribution in [0.25, 0.3) is 33.5 Å². The van der Waals surface area contributed by atoms with Gasteiger partial charge in [0.2, 0.25) is 17.7 Å². The average Bonchev–Trinajstić information content (AvgIpc) is 4.21. The molecule has 3 fully saturated rings. The lowest BCUT2D eigenvalue weighted by molar-refractivity contribution is -0.745. The number of aromatic nitrogens is 12. The minimum Gasteiger partial charge on any atom is -0.780 e. The summed E-state index contributed by atoms with van der Waals surface area (Å²) in [5, 5.41) is 35.8. The normalized spacial score (nSPS) is 30.0. The van der Waals surface area contributed by atoms with Gasteiger partial charge in [0.1, 0.15) is 73.5 Å². The fourth-order valence-electron chi connectivity index (χ4n) is 8.70. The van der Waals surface area contributed by atoms with Crippen molar-refractivity contribution in [1.29, 1.82) is 0 Å². The number of nitrogen functional groups attached to an aromatic ring is 2. The van der Waals surface area contributed by atoms with E-state index >= 15 is 0 Å². The first kappa shape index (κ1) is 57.3. The summed E-state index contributed by atoms with van der Waals surface area (Å²) >= 11 is 5.00. The topological polar surface area (TPSA) is 522 Å². The number of phosphoric acid groups is 2. The van der Waals surface area contributed by atoms with Crippen LogP contribution in [0.4, 0.5) is 17.7 Å². The molecule has 0 bridgehead atoms. The number of hydrogen-bond acceptors (Lipinski definition) is 33. The Morgan fingerprint density at radius 3 is 2.14 bits per heavy atom. The zero-order valence-electron chi connectivity index (χ0n) is 39.7. The summed E-state index contributed by atoms with van der Waals surface area (Å²) < 4.78 is 97.2. The van der Waals surface area contributed by atoms with Crippen LogP contribution in [-0.2, 0) is 78.4 Å². The average molecular weight is 1200 g/mol. The van der Waals surface area contributed by atoms with Crippen LogP contribution >= 0.6 is 40.5 Å². The van der Waals surface area contributed by atoms with Gasteiger partial charge in [0.05, 0.1) is 32.9 Å². The maximum absolute atomic E-state index is 14.0. The first-order chi connectivity index (χ1) is 36.2. The van der Waals surface area contributed by atoms with Gasteiger partial charge in [0.15, 0.2) is 48.2 Å². The van der Waals surface area contributed by atoms with Gasteiger partial charge in [-0.25, -0.2) is 28.8 Å². The number of phosphoric ester groups is 1. The maximum atomic E-state index is 14.0. The standard InChI is InChI=1S/C34H47N15O22P4S2/c1-37-24-15-25(39-8-38-24)47(9-40-15)32-23(63-4)22(69-75(61,76)65-5-12-18(50)19(51)30(66-12)48-10-41-16-26(48)42-33(35)44-28(16)53)13(67-32)6-64-72(55,56)70-73(57,58)71-74(59,60)77-7-14-21(62-3)20(52)31(68-14)49-11-46(2)17-27(49)43-34(36)45-29(17)54/h8-14,18-23,30-32,50-52H,5-7H2,1-4H3,(H10-,35,36,37,38,39,42,43,44,45,53,54,55,56,57,58,59,60,61,76)/p-3/t12-,13-,14-,18?,19+,20?,21+,22?,23+,30-,31-,32-,75?/m1/s1. The highest BCUT2D eigenvalue weighted by Crippen LogP contribution is 2.67. The summed E-state index contributed by atoms with van der Waals surface area (Å²) in [6, 6.07) is 0. The quantitative estimate of drug-likeness (QED) is 0.0246. The Morgan fingerprint density at radius 1 is 0.792 bits per heavy atom. The van der Waals surface area contributed by atoms with Crippen LogP contribution in [-0.4, -0.2) is 164 Å². The number of aryl methyl sites for hydroxylation is 1. The fourth-order valence-corrected chi connectivity index (χ4v) is 15.9. The van der Waals surface area contributed by atoms with Crippen LogP contribution < -0.4 is 52.0 Å². The summed E-state index contributed by atoms with van der Waals surface area (Å²) in [5.74, 6) is -0.985. The zero-order valence-corrected chi connectivity index (χ0v) is 44.9. The molecule has 6 aromatic rings. The Kier molecular flexibility index (Phi) is 16.4. The monoisotopic (exact) mass is 1200 g/mol. The number of aromatic amines is 2. The molecular weight excluding hydrogens is 1160 g/mol. The Balaban J connectivity index is 0.872. The van der Waals surface area contributed by atoms with Crippen molar-refractivity contribution >= 4 is 104 Å². The van der Waals surface area contributed by atoms with E-state index in [1.165, 1.54) is 39.7 Å². The molecule has 10 N–H and O–H groups in total. The van der Waals surface area contributed by atoms with E-state index in [9.17, 15) is 58.2 Å². The van der Waals surface area contributed by atoms with Crippen molar-refractivity contribution in [3.05, 3.63) is 46.0 Å². The van der Waals surface area contributed by atoms with E-state index in [0.29, 0.717) is 0 Å². The van der Waals surface area contributed by atoms with Gasteiger partial charge in [0, 0.05) is 27.0 Å². The highest BCUT2D eigenvalue weighted by molar-refractivity contribution is 8.54. The van der Waals surface area contributed by atoms with E-state index in [4.69, 9.17) is 60.5 Å². The summed E-state index contributed by atoms with van der Waals surface area (Å²) in [6.07, 6.45) is -13.4. The minimum absolute atomic E-state index is 0.0232. The highest BCUT2D eigenvalue weighted by Gasteiger charge is 2.51. The van der Waals surface area contributed by atoms with Crippen LogP contribution in [0.15, 0.2) is 34.9 Å². The van der Waals surface area contributed by atoms with E-state index in [0.717, 1.165) is 25.1 Å². The summed E-state index contributed by atoms with van der Waals surface area (Å²) in [4.78, 5) is 107. The first-order valence-electron chi connectivity index (χ1n) is 21.9. The predicted molar refractivity (Wildman–Crippen MR) is 253 cm³/mol.